The second-order valence-electron chi connectivity index (χ2n) is 4.97. The first-order valence-electron chi connectivity index (χ1n) is 7.04. The molecule has 0 amide bonds. The van der Waals surface area contributed by atoms with Crippen LogP contribution in [0.25, 0.3) is 10.8 Å². The summed E-state index contributed by atoms with van der Waals surface area (Å²) in [6.07, 6.45) is 0.766. The van der Waals surface area contributed by atoms with E-state index in [0.29, 0.717) is 23.7 Å². The summed E-state index contributed by atoms with van der Waals surface area (Å²) in [5, 5.41) is 2.38. The molecule has 3 nitrogen and oxygen atoms in total. The maximum Gasteiger partial charge on any atom is 0.171 e. The number of ether oxygens (including phenoxy) is 2. The maximum atomic E-state index is 11.0. The molecule has 0 spiro atoms. The van der Waals surface area contributed by atoms with Gasteiger partial charge in [0, 0.05) is 0 Å². The van der Waals surface area contributed by atoms with Crippen LogP contribution >= 0.6 is 0 Å². The number of carbonyl (C=O) groups excluding carboxylic acids is 1. The number of carbonyl (C=O) groups is 1. The van der Waals surface area contributed by atoms with E-state index in [1.807, 2.05) is 18.2 Å². The van der Waals surface area contributed by atoms with E-state index in [-0.39, 0.29) is 0 Å². The van der Waals surface area contributed by atoms with Gasteiger partial charge in [-0.05, 0) is 34.5 Å². The first kappa shape index (κ1) is 14.1. The van der Waals surface area contributed by atoms with Gasteiger partial charge in [0.05, 0.1) is 12.7 Å². The molecule has 0 aromatic heterocycles. The Kier molecular flexibility index (Phi) is 4.05. The van der Waals surface area contributed by atoms with E-state index in [9.17, 15) is 4.79 Å². The second-order valence-corrected chi connectivity index (χ2v) is 4.97. The molecule has 0 aliphatic heterocycles. The van der Waals surface area contributed by atoms with Gasteiger partial charge < -0.3 is 9.47 Å². The van der Waals surface area contributed by atoms with Gasteiger partial charge in [0.2, 0.25) is 0 Å². The van der Waals surface area contributed by atoms with Crippen molar-refractivity contribution in [3.63, 3.8) is 0 Å². The van der Waals surface area contributed by atoms with Crippen LogP contribution in [0.4, 0.5) is 0 Å². The molecule has 3 aromatic rings. The Morgan fingerprint density at radius 2 is 1.77 bits per heavy atom. The molecule has 0 heterocycles. The van der Waals surface area contributed by atoms with Crippen LogP contribution in [-0.4, -0.2) is 13.4 Å². The highest BCUT2D eigenvalue weighted by Gasteiger charge is 2.09. The summed E-state index contributed by atoms with van der Waals surface area (Å²) in [5.74, 6) is 1.04. The summed E-state index contributed by atoms with van der Waals surface area (Å²) in [6, 6.07) is 19.7. The van der Waals surface area contributed by atoms with Crippen molar-refractivity contribution < 1.29 is 14.3 Å². The molecule has 3 rings (SSSR count). The zero-order valence-corrected chi connectivity index (χ0v) is 12.3. The largest absolute Gasteiger partial charge is 0.492 e. The molecule has 0 N–H and O–H groups in total. The Bertz CT molecular complexity index is 809. The van der Waals surface area contributed by atoms with E-state index in [1.165, 1.54) is 17.9 Å². The van der Waals surface area contributed by atoms with Crippen LogP contribution in [0.2, 0.25) is 0 Å². The van der Waals surface area contributed by atoms with Crippen LogP contribution in [0.1, 0.15) is 15.9 Å². The lowest BCUT2D eigenvalue weighted by molar-refractivity contribution is 0.111. The van der Waals surface area contributed by atoms with Crippen LogP contribution in [0.15, 0.2) is 60.7 Å². The minimum Gasteiger partial charge on any atom is -0.492 e. The standard InChI is InChI=1S/C19H16O3/c1-21-19-17(12-20)7-4-8-18(19)22-13-14-9-10-15-5-2-3-6-16(15)11-14/h2-12H,13H2,1H3. The summed E-state index contributed by atoms with van der Waals surface area (Å²) in [7, 11) is 1.53. The lowest BCUT2D eigenvalue weighted by atomic mass is 10.1. The Morgan fingerprint density at radius 3 is 2.55 bits per heavy atom. The first-order chi connectivity index (χ1) is 10.8. The van der Waals surface area contributed by atoms with Crippen molar-refractivity contribution in [3.8, 4) is 11.5 Å². The fourth-order valence-electron chi connectivity index (χ4n) is 2.45. The molecule has 0 unspecified atom stereocenters. The van der Waals surface area contributed by atoms with E-state index in [2.05, 4.69) is 24.3 Å². The van der Waals surface area contributed by atoms with Gasteiger partial charge in [-0.25, -0.2) is 0 Å². The van der Waals surface area contributed by atoms with Crippen molar-refractivity contribution in [2.24, 2.45) is 0 Å². The van der Waals surface area contributed by atoms with Crippen LogP contribution in [-0.2, 0) is 6.61 Å². The van der Waals surface area contributed by atoms with Crippen molar-refractivity contribution in [2.75, 3.05) is 7.11 Å². The van der Waals surface area contributed by atoms with Gasteiger partial charge in [0.1, 0.15) is 6.61 Å². The minimum atomic E-state index is 0.420. The summed E-state index contributed by atoms with van der Waals surface area (Å²) >= 11 is 0. The molecule has 0 bridgehead atoms. The van der Waals surface area contributed by atoms with Gasteiger partial charge >= 0.3 is 0 Å². The van der Waals surface area contributed by atoms with Crippen molar-refractivity contribution in [3.05, 3.63) is 71.8 Å². The van der Waals surface area contributed by atoms with Gasteiger partial charge in [-0.3, -0.25) is 4.79 Å². The smallest absolute Gasteiger partial charge is 0.171 e. The number of methoxy groups -OCH3 is 1. The Balaban J connectivity index is 1.83. The fourth-order valence-corrected chi connectivity index (χ4v) is 2.45. The first-order valence-corrected chi connectivity index (χ1v) is 7.04. The number of hydrogen-bond acceptors (Lipinski definition) is 3. The normalized spacial score (nSPS) is 10.4. The molecule has 22 heavy (non-hydrogen) atoms. The third-order valence-electron chi connectivity index (χ3n) is 3.55. The maximum absolute atomic E-state index is 11.0. The van der Waals surface area contributed by atoms with E-state index < -0.39 is 0 Å². The fraction of sp³-hybridized carbons (Fsp3) is 0.105. The van der Waals surface area contributed by atoms with Crippen LogP contribution in [0.5, 0.6) is 11.5 Å². The van der Waals surface area contributed by atoms with Gasteiger partial charge in [0.15, 0.2) is 17.8 Å². The van der Waals surface area contributed by atoms with Crippen molar-refractivity contribution >= 4 is 17.1 Å². The minimum absolute atomic E-state index is 0.420. The third-order valence-corrected chi connectivity index (χ3v) is 3.55. The highest BCUT2D eigenvalue weighted by molar-refractivity contribution is 5.83. The quantitative estimate of drug-likeness (QED) is 0.660. The van der Waals surface area contributed by atoms with Crippen LogP contribution in [0.3, 0.4) is 0 Å². The molecule has 0 atom stereocenters. The lowest BCUT2D eigenvalue weighted by Gasteiger charge is -2.12. The molecule has 0 saturated carbocycles. The third kappa shape index (κ3) is 2.79. The highest BCUT2D eigenvalue weighted by atomic mass is 16.5. The number of para-hydroxylation sites is 1. The molecular formula is C19H16O3. The zero-order valence-electron chi connectivity index (χ0n) is 12.3. The van der Waals surface area contributed by atoms with E-state index in [4.69, 9.17) is 9.47 Å². The molecule has 0 radical (unpaired) electrons. The molecule has 0 aliphatic rings. The summed E-state index contributed by atoms with van der Waals surface area (Å²) in [5.41, 5.74) is 1.55. The molecule has 0 saturated heterocycles. The molecule has 0 fully saturated rings. The monoisotopic (exact) mass is 292 g/mol. The molecule has 110 valence electrons. The predicted molar refractivity (Wildman–Crippen MR) is 86.7 cm³/mol. The average Bonchev–Trinajstić information content (AvgIpc) is 2.59. The van der Waals surface area contributed by atoms with E-state index in [1.54, 1.807) is 18.2 Å². The van der Waals surface area contributed by atoms with E-state index in [0.717, 1.165) is 11.8 Å². The number of benzene rings is 3. The van der Waals surface area contributed by atoms with Gasteiger partial charge in [0.25, 0.3) is 0 Å². The molecule has 3 heteroatoms. The number of hydrogen-bond donors (Lipinski definition) is 0. The van der Waals surface area contributed by atoms with Crippen molar-refractivity contribution in [2.45, 2.75) is 6.61 Å². The van der Waals surface area contributed by atoms with Crippen molar-refractivity contribution in [1.82, 2.24) is 0 Å². The predicted octanol–water partition coefficient (Wildman–Crippen LogP) is 4.24. The second kappa shape index (κ2) is 6.31. The van der Waals surface area contributed by atoms with Gasteiger partial charge in [-0.2, -0.15) is 0 Å². The van der Waals surface area contributed by atoms with Gasteiger partial charge in [-0.15, -0.1) is 0 Å². The van der Waals surface area contributed by atoms with Crippen LogP contribution < -0.4 is 9.47 Å². The van der Waals surface area contributed by atoms with Crippen molar-refractivity contribution in [1.29, 1.82) is 0 Å². The Morgan fingerprint density at radius 1 is 0.955 bits per heavy atom. The van der Waals surface area contributed by atoms with E-state index >= 15 is 0 Å². The average molecular weight is 292 g/mol. The van der Waals surface area contributed by atoms with Gasteiger partial charge in [-0.1, -0.05) is 42.5 Å². The molecule has 3 aromatic carbocycles. The topological polar surface area (TPSA) is 35.5 Å². The summed E-state index contributed by atoms with van der Waals surface area (Å²) in [6.45, 7) is 0.420. The van der Waals surface area contributed by atoms with Crippen LogP contribution in [0, 0.1) is 0 Å². The highest BCUT2D eigenvalue weighted by Crippen LogP contribution is 2.30. The summed E-state index contributed by atoms with van der Waals surface area (Å²) in [4.78, 5) is 11.0. The number of aldehydes is 1. The Labute approximate surface area is 129 Å². The number of rotatable bonds is 5. The Hall–Kier alpha value is -2.81. The number of fused-ring (bicyclic) bond motifs is 1. The lowest BCUT2D eigenvalue weighted by Crippen LogP contribution is -1.99. The zero-order chi connectivity index (χ0) is 15.4. The molecular weight excluding hydrogens is 276 g/mol. The molecule has 0 aliphatic carbocycles. The summed E-state index contributed by atoms with van der Waals surface area (Å²) < 4.78 is 11.1. The SMILES string of the molecule is COc1c(C=O)cccc1OCc1ccc2ccccc2c1.